The van der Waals surface area contributed by atoms with Crippen LogP contribution in [0.2, 0.25) is 5.02 Å². The number of hydrogen-bond donors (Lipinski definition) is 1. The van der Waals surface area contributed by atoms with Crippen LogP contribution in [0, 0.1) is 5.82 Å². The number of carbonyl (C=O) groups excluding carboxylic acids is 1. The summed E-state index contributed by atoms with van der Waals surface area (Å²) in [5.41, 5.74) is 0.883. The van der Waals surface area contributed by atoms with Gasteiger partial charge in [-0.25, -0.2) is 12.8 Å². The second-order valence-electron chi connectivity index (χ2n) is 6.93. The van der Waals surface area contributed by atoms with Crippen molar-refractivity contribution in [3.05, 3.63) is 53.3 Å². The van der Waals surface area contributed by atoms with Crippen molar-refractivity contribution < 1.29 is 22.3 Å². The Kier molecular flexibility index (Phi) is 6.84. The van der Waals surface area contributed by atoms with Gasteiger partial charge in [-0.1, -0.05) is 11.6 Å². The average Bonchev–Trinajstić information content (AvgIpc) is 2.73. The van der Waals surface area contributed by atoms with E-state index in [0.29, 0.717) is 31.9 Å². The quantitative estimate of drug-likeness (QED) is 0.724. The highest BCUT2D eigenvalue weighted by molar-refractivity contribution is 7.89. The van der Waals surface area contributed by atoms with Crippen LogP contribution in [-0.4, -0.2) is 58.6 Å². The molecule has 0 saturated carbocycles. The Morgan fingerprint density at radius 3 is 2.33 bits per heavy atom. The lowest BCUT2D eigenvalue weighted by atomic mass is 10.2. The third-order valence-corrected chi connectivity index (χ3v) is 6.75. The largest absolute Gasteiger partial charge is 0.495 e. The number of piperazine rings is 1. The zero-order valence-electron chi connectivity index (χ0n) is 16.6. The number of rotatable bonds is 6. The number of amides is 1. The van der Waals surface area contributed by atoms with Crippen LogP contribution in [-0.2, 0) is 14.8 Å². The number of sulfonamides is 1. The van der Waals surface area contributed by atoms with Gasteiger partial charge in [-0.15, -0.1) is 0 Å². The first kappa shape index (κ1) is 22.3. The normalized spacial score (nSPS) is 15.7. The van der Waals surface area contributed by atoms with Crippen molar-refractivity contribution in [3.8, 4) is 5.75 Å². The first-order valence-electron chi connectivity index (χ1n) is 9.36. The van der Waals surface area contributed by atoms with E-state index in [2.05, 4.69) is 9.62 Å². The molecule has 0 radical (unpaired) electrons. The minimum atomic E-state index is -3.93. The number of hydrogen-bond acceptors (Lipinski definition) is 5. The molecule has 0 aromatic heterocycles. The van der Waals surface area contributed by atoms with Gasteiger partial charge in [0.25, 0.3) is 0 Å². The van der Waals surface area contributed by atoms with Crippen molar-refractivity contribution in [2.24, 2.45) is 0 Å². The molecule has 0 aliphatic carbocycles. The smallest absolute Gasteiger partial charge is 0.241 e. The highest BCUT2D eigenvalue weighted by Crippen LogP contribution is 2.27. The monoisotopic (exact) mass is 455 g/mol. The summed E-state index contributed by atoms with van der Waals surface area (Å²) in [5, 5.41) is 0.163. The Hall–Kier alpha value is -2.36. The summed E-state index contributed by atoms with van der Waals surface area (Å²) in [4.78, 5) is 16.4. The maximum Gasteiger partial charge on any atom is 0.241 e. The predicted octanol–water partition coefficient (Wildman–Crippen LogP) is 2.50. The van der Waals surface area contributed by atoms with Gasteiger partial charge in [0.05, 0.1) is 23.1 Å². The van der Waals surface area contributed by atoms with Gasteiger partial charge in [0.2, 0.25) is 15.9 Å². The Morgan fingerprint density at radius 1 is 1.13 bits per heavy atom. The lowest BCUT2D eigenvalue weighted by Crippen LogP contribution is -2.54. The minimum Gasteiger partial charge on any atom is -0.495 e. The predicted molar refractivity (Wildman–Crippen MR) is 113 cm³/mol. The van der Waals surface area contributed by atoms with E-state index in [9.17, 15) is 17.6 Å². The summed E-state index contributed by atoms with van der Waals surface area (Å²) in [5.74, 6) is -0.248. The molecule has 1 fully saturated rings. The van der Waals surface area contributed by atoms with Gasteiger partial charge in [0.1, 0.15) is 11.6 Å². The van der Waals surface area contributed by atoms with E-state index in [1.165, 1.54) is 44.4 Å². The van der Waals surface area contributed by atoms with Crippen LogP contribution in [0.1, 0.15) is 6.92 Å². The van der Waals surface area contributed by atoms with Crippen molar-refractivity contribution in [1.82, 2.24) is 9.62 Å². The molecule has 1 saturated heterocycles. The number of halogens is 2. The van der Waals surface area contributed by atoms with Crippen molar-refractivity contribution in [2.45, 2.75) is 17.9 Å². The molecule has 1 aliphatic heterocycles. The van der Waals surface area contributed by atoms with Gasteiger partial charge in [-0.3, -0.25) is 4.79 Å². The van der Waals surface area contributed by atoms with Gasteiger partial charge < -0.3 is 14.5 Å². The van der Waals surface area contributed by atoms with Crippen molar-refractivity contribution in [3.63, 3.8) is 0 Å². The van der Waals surface area contributed by atoms with Gasteiger partial charge >= 0.3 is 0 Å². The van der Waals surface area contributed by atoms with Gasteiger partial charge in [0.15, 0.2) is 0 Å². The first-order valence-corrected chi connectivity index (χ1v) is 11.2. The van der Waals surface area contributed by atoms with Gasteiger partial charge in [-0.05, 0) is 49.4 Å². The topological polar surface area (TPSA) is 78.9 Å². The van der Waals surface area contributed by atoms with Crippen molar-refractivity contribution in [2.75, 3.05) is 38.2 Å². The van der Waals surface area contributed by atoms with E-state index in [-0.39, 0.29) is 21.6 Å². The second-order valence-corrected chi connectivity index (χ2v) is 9.05. The van der Waals surface area contributed by atoms with E-state index in [1.807, 2.05) is 0 Å². The number of methoxy groups -OCH3 is 1. The standard InChI is InChI=1S/C20H23ClFN3O4S/c1-14(23-30(27,28)17-7-8-19(29-2)18(21)13-17)20(26)25-11-9-24(10-12-25)16-5-3-15(22)4-6-16/h3-8,13-14,23H,9-12H2,1-2H3/t14-/m1/s1. The third-order valence-electron chi connectivity index (χ3n) is 4.92. The molecule has 30 heavy (non-hydrogen) atoms. The zero-order chi connectivity index (χ0) is 21.9. The Bertz CT molecular complexity index is 1010. The summed E-state index contributed by atoms with van der Waals surface area (Å²) < 4.78 is 45.8. The second kappa shape index (κ2) is 9.20. The fourth-order valence-electron chi connectivity index (χ4n) is 3.28. The van der Waals surface area contributed by atoms with E-state index in [1.54, 1.807) is 17.0 Å². The van der Waals surface area contributed by atoms with E-state index in [0.717, 1.165) is 5.69 Å². The highest BCUT2D eigenvalue weighted by Gasteiger charge is 2.28. The molecule has 10 heteroatoms. The number of ether oxygens (including phenoxy) is 1. The van der Waals surface area contributed by atoms with Gasteiger partial charge in [-0.2, -0.15) is 4.72 Å². The van der Waals surface area contributed by atoms with Crippen LogP contribution >= 0.6 is 11.6 Å². The van der Waals surface area contributed by atoms with E-state index < -0.39 is 16.1 Å². The summed E-state index contributed by atoms with van der Waals surface area (Å²) in [6.45, 7) is 3.54. The molecule has 1 aliphatic rings. The molecule has 0 bridgehead atoms. The Labute approximate surface area is 180 Å². The van der Waals surface area contributed by atoms with Crippen LogP contribution in [0.15, 0.2) is 47.4 Å². The molecule has 162 valence electrons. The Balaban J connectivity index is 1.60. The molecule has 3 rings (SSSR count). The fourth-order valence-corrected chi connectivity index (χ4v) is 4.82. The molecule has 2 aromatic rings. The number of nitrogens with zero attached hydrogens (tertiary/aromatic N) is 2. The summed E-state index contributed by atoms with van der Waals surface area (Å²) in [6, 6.07) is 9.36. The molecule has 7 nitrogen and oxygen atoms in total. The lowest BCUT2D eigenvalue weighted by Gasteiger charge is -2.37. The molecule has 0 spiro atoms. The number of carbonyl (C=O) groups is 1. The molecular formula is C20H23ClFN3O4S. The molecule has 1 N–H and O–H groups in total. The summed E-state index contributed by atoms with van der Waals surface area (Å²) in [7, 11) is -2.50. The number of nitrogens with one attached hydrogen (secondary N) is 1. The van der Waals surface area contributed by atoms with E-state index >= 15 is 0 Å². The lowest BCUT2D eigenvalue weighted by molar-refractivity contribution is -0.132. The zero-order valence-corrected chi connectivity index (χ0v) is 18.2. The van der Waals surface area contributed by atoms with Gasteiger partial charge in [0, 0.05) is 31.9 Å². The van der Waals surface area contributed by atoms with Crippen LogP contribution in [0.4, 0.5) is 10.1 Å². The summed E-state index contributed by atoms with van der Waals surface area (Å²) in [6.07, 6.45) is 0. The summed E-state index contributed by atoms with van der Waals surface area (Å²) >= 11 is 6.01. The van der Waals surface area contributed by atoms with Crippen LogP contribution in [0.5, 0.6) is 5.75 Å². The maximum atomic E-state index is 13.1. The maximum absolute atomic E-state index is 13.1. The van der Waals surface area contributed by atoms with Crippen LogP contribution in [0.3, 0.4) is 0 Å². The van der Waals surface area contributed by atoms with Crippen molar-refractivity contribution >= 4 is 33.2 Å². The number of benzene rings is 2. The third kappa shape index (κ3) is 5.03. The highest BCUT2D eigenvalue weighted by atomic mass is 35.5. The van der Waals surface area contributed by atoms with E-state index in [4.69, 9.17) is 16.3 Å². The van der Waals surface area contributed by atoms with Crippen LogP contribution in [0.25, 0.3) is 0 Å². The molecule has 0 unspecified atom stereocenters. The van der Waals surface area contributed by atoms with Crippen LogP contribution < -0.4 is 14.4 Å². The van der Waals surface area contributed by atoms with Crippen molar-refractivity contribution in [1.29, 1.82) is 0 Å². The minimum absolute atomic E-state index is 0.0471. The SMILES string of the molecule is COc1ccc(S(=O)(=O)N[C@H](C)C(=O)N2CCN(c3ccc(F)cc3)CC2)cc1Cl. The molecule has 1 heterocycles. The molecular weight excluding hydrogens is 433 g/mol. The molecule has 1 amide bonds. The molecule has 1 atom stereocenters. The number of anilines is 1. The average molecular weight is 456 g/mol. The fraction of sp³-hybridized carbons (Fsp3) is 0.350. The molecule has 2 aromatic carbocycles. The first-order chi connectivity index (χ1) is 14.2. The Morgan fingerprint density at radius 2 is 1.77 bits per heavy atom.